The molecule has 0 saturated heterocycles. The zero-order valence-corrected chi connectivity index (χ0v) is 8.35. The van der Waals surface area contributed by atoms with E-state index in [4.69, 9.17) is 11.6 Å². The number of Topliss-reactive ketones (excluding diaryl/α,β-unsaturated/α-hetero) is 1. The number of rotatable bonds is 4. The fourth-order valence-electron chi connectivity index (χ4n) is 1.09. The Morgan fingerprint density at radius 2 is 2.29 bits per heavy atom. The van der Waals surface area contributed by atoms with Crippen LogP contribution < -0.4 is 0 Å². The van der Waals surface area contributed by atoms with Crippen LogP contribution in [0.2, 0.25) is 5.02 Å². The van der Waals surface area contributed by atoms with Crippen LogP contribution >= 0.6 is 11.6 Å². The van der Waals surface area contributed by atoms with Crippen LogP contribution in [0.3, 0.4) is 0 Å². The van der Waals surface area contributed by atoms with Gasteiger partial charge < -0.3 is 0 Å². The van der Waals surface area contributed by atoms with Crippen LogP contribution in [0.4, 0.5) is 4.39 Å². The van der Waals surface area contributed by atoms with E-state index in [1.165, 1.54) is 12.1 Å². The second-order valence-electron chi connectivity index (χ2n) is 2.85. The lowest BCUT2D eigenvalue weighted by molar-refractivity contribution is 0.0980. The summed E-state index contributed by atoms with van der Waals surface area (Å²) in [5.74, 6) is -0.881. The number of hydrogen-bond acceptors (Lipinski definition) is 1. The smallest absolute Gasteiger partial charge is 0.166 e. The van der Waals surface area contributed by atoms with Crippen molar-refractivity contribution in [2.45, 2.75) is 12.8 Å². The zero-order chi connectivity index (χ0) is 10.6. The minimum Gasteiger partial charge on any atom is -0.294 e. The fraction of sp³-hybridized carbons (Fsp3) is 0.182. The number of ketones is 1. The van der Waals surface area contributed by atoms with E-state index >= 15 is 0 Å². The lowest BCUT2D eigenvalue weighted by Gasteiger charge is -2.01. The van der Waals surface area contributed by atoms with Crippen molar-refractivity contribution in [2.24, 2.45) is 0 Å². The molecule has 0 heterocycles. The van der Waals surface area contributed by atoms with E-state index < -0.39 is 5.82 Å². The first-order valence-electron chi connectivity index (χ1n) is 4.25. The molecule has 74 valence electrons. The summed E-state index contributed by atoms with van der Waals surface area (Å²) >= 11 is 5.54. The first-order valence-corrected chi connectivity index (χ1v) is 4.62. The summed E-state index contributed by atoms with van der Waals surface area (Å²) < 4.78 is 13.3. The summed E-state index contributed by atoms with van der Waals surface area (Å²) in [6.45, 7) is 3.49. The lowest BCUT2D eigenvalue weighted by Crippen LogP contribution is -2.01. The van der Waals surface area contributed by atoms with Gasteiger partial charge in [-0.25, -0.2) is 4.39 Å². The van der Waals surface area contributed by atoms with Crippen molar-refractivity contribution >= 4 is 17.4 Å². The van der Waals surface area contributed by atoms with Gasteiger partial charge in [-0.1, -0.05) is 23.7 Å². The van der Waals surface area contributed by atoms with Crippen LogP contribution in [-0.2, 0) is 0 Å². The quantitative estimate of drug-likeness (QED) is 0.550. The van der Waals surface area contributed by atoms with Crippen molar-refractivity contribution < 1.29 is 9.18 Å². The third kappa shape index (κ3) is 2.42. The van der Waals surface area contributed by atoms with Gasteiger partial charge in [-0.05, 0) is 18.6 Å². The second kappa shape index (κ2) is 4.91. The van der Waals surface area contributed by atoms with Crippen LogP contribution in [-0.4, -0.2) is 5.78 Å². The van der Waals surface area contributed by atoms with Gasteiger partial charge in [-0.2, -0.15) is 0 Å². The van der Waals surface area contributed by atoms with Crippen molar-refractivity contribution in [1.29, 1.82) is 0 Å². The summed E-state index contributed by atoms with van der Waals surface area (Å²) in [5, 5.41) is -0.0190. The van der Waals surface area contributed by atoms with Crippen LogP contribution in [0, 0.1) is 5.82 Å². The highest BCUT2D eigenvalue weighted by molar-refractivity contribution is 6.31. The van der Waals surface area contributed by atoms with Gasteiger partial charge in [0.05, 0.1) is 10.6 Å². The molecule has 1 aromatic carbocycles. The predicted octanol–water partition coefficient (Wildman–Crippen LogP) is 3.63. The molecule has 0 atom stereocenters. The molecule has 0 spiro atoms. The Kier molecular flexibility index (Phi) is 3.84. The molecule has 0 aliphatic carbocycles. The highest BCUT2D eigenvalue weighted by Gasteiger charge is 2.12. The van der Waals surface area contributed by atoms with E-state index in [1.54, 1.807) is 12.1 Å². The third-order valence-electron chi connectivity index (χ3n) is 1.83. The first kappa shape index (κ1) is 10.9. The minimum absolute atomic E-state index is 0.0190. The Balaban J connectivity index is 2.89. The normalized spacial score (nSPS) is 9.86. The highest BCUT2D eigenvalue weighted by atomic mass is 35.5. The predicted molar refractivity (Wildman–Crippen MR) is 55.2 cm³/mol. The maximum atomic E-state index is 13.3. The molecule has 0 unspecified atom stereocenters. The average molecular weight is 213 g/mol. The number of allylic oxidation sites excluding steroid dienone is 1. The van der Waals surface area contributed by atoms with E-state index in [1.807, 2.05) is 0 Å². The van der Waals surface area contributed by atoms with Crippen molar-refractivity contribution in [1.82, 2.24) is 0 Å². The van der Waals surface area contributed by atoms with E-state index in [2.05, 4.69) is 6.58 Å². The number of benzene rings is 1. The van der Waals surface area contributed by atoms with Crippen LogP contribution in [0.15, 0.2) is 30.9 Å². The van der Waals surface area contributed by atoms with Gasteiger partial charge in [-0.15, -0.1) is 6.58 Å². The highest BCUT2D eigenvalue weighted by Crippen LogP contribution is 2.19. The number of carbonyl (C=O) groups is 1. The van der Waals surface area contributed by atoms with Gasteiger partial charge in [-0.3, -0.25) is 4.79 Å². The fourth-order valence-corrected chi connectivity index (χ4v) is 1.26. The van der Waals surface area contributed by atoms with E-state index in [0.717, 1.165) is 0 Å². The Bertz CT molecular complexity index is 360. The molecule has 1 aromatic rings. The Labute approximate surface area is 87.2 Å². The van der Waals surface area contributed by atoms with E-state index in [9.17, 15) is 9.18 Å². The first-order chi connectivity index (χ1) is 6.66. The average Bonchev–Trinajstić information content (AvgIpc) is 2.18. The topological polar surface area (TPSA) is 17.1 Å². The number of carbonyl (C=O) groups excluding carboxylic acids is 1. The van der Waals surface area contributed by atoms with E-state index in [-0.39, 0.29) is 22.8 Å². The van der Waals surface area contributed by atoms with E-state index in [0.29, 0.717) is 6.42 Å². The van der Waals surface area contributed by atoms with Crippen LogP contribution in [0.5, 0.6) is 0 Å². The monoisotopic (exact) mass is 212 g/mol. The van der Waals surface area contributed by atoms with Gasteiger partial charge in [0.2, 0.25) is 0 Å². The molecule has 1 nitrogen and oxygen atoms in total. The van der Waals surface area contributed by atoms with Crippen molar-refractivity contribution in [3.8, 4) is 0 Å². The Morgan fingerprint density at radius 1 is 1.57 bits per heavy atom. The van der Waals surface area contributed by atoms with Crippen molar-refractivity contribution in [3.63, 3.8) is 0 Å². The molecule has 1 rings (SSSR count). The van der Waals surface area contributed by atoms with Crippen molar-refractivity contribution in [2.75, 3.05) is 0 Å². The van der Waals surface area contributed by atoms with Crippen LogP contribution in [0.25, 0.3) is 0 Å². The molecule has 0 bridgehead atoms. The summed E-state index contributed by atoms with van der Waals surface area (Å²) in [6, 6.07) is 4.42. The lowest BCUT2D eigenvalue weighted by atomic mass is 10.1. The van der Waals surface area contributed by atoms with Gasteiger partial charge in [0.25, 0.3) is 0 Å². The van der Waals surface area contributed by atoms with Gasteiger partial charge in [0.15, 0.2) is 11.6 Å². The molecule has 0 radical (unpaired) electrons. The standard InChI is InChI=1S/C11H10ClFO/c1-2-3-7-10(14)8-5-4-6-9(12)11(8)13/h2,4-6H,1,3,7H2. The molecule has 0 aliphatic rings. The summed E-state index contributed by atoms with van der Waals surface area (Å²) in [5.41, 5.74) is 0.0550. The van der Waals surface area contributed by atoms with Gasteiger partial charge in [0.1, 0.15) is 0 Å². The molecular weight excluding hydrogens is 203 g/mol. The maximum Gasteiger partial charge on any atom is 0.166 e. The SMILES string of the molecule is C=CCCC(=O)c1cccc(Cl)c1F. The molecular formula is C11H10ClFO. The second-order valence-corrected chi connectivity index (χ2v) is 3.26. The summed E-state index contributed by atoms with van der Waals surface area (Å²) in [6.07, 6.45) is 2.44. The summed E-state index contributed by atoms with van der Waals surface area (Å²) in [4.78, 5) is 11.4. The summed E-state index contributed by atoms with van der Waals surface area (Å²) in [7, 11) is 0. The van der Waals surface area contributed by atoms with Gasteiger partial charge in [0, 0.05) is 6.42 Å². The third-order valence-corrected chi connectivity index (χ3v) is 2.12. The maximum absolute atomic E-state index is 13.3. The van der Waals surface area contributed by atoms with Crippen molar-refractivity contribution in [3.05, 3.63) is 47.3 Å². The molecule has 0 amide bonds. The molecule has 3 heteroatoms. The zero-order valence-electron chi connectivity index (χ0n) is 7.59. The van der Waals surface area contributed by atoms with Crippen LogP contribution in [0.1, 0.15) is 23.2 Å². The number of hydrogen-bond donors (Lipinski definition) is 0. The molecule has 0 saturated carbocycles. The Hall–Kier alpha value is -1.15. The Morgan fingerprint density at radius 3 is 2.93 bits per heavy atom. The largest absolute Gasteiger partial charge is 0.294 e. The molecule has 0 N–H and O–H groups in total. The van der Waals surface area contributed by atoms with Gasteiger partial charge >= 0.3 is 0 Å². The molecule has 14 heavy (non-hydrogen) atoms. The molecule has 0 aromatic heterocycles. The minimum atomic E-state index is -0.636. The molecule has 0 fully saturated rings. The number of halogens is 2. The molecule has 0 aliphatic heterocycles.